The second-order valence-corrected chi connectivity index (χ2v) is 7.83. The monoisotopic (exact) mass is 392 g/mol. The lowest BCUT2D eigenvalue weighted by molar-refractivity contribution is 1.22. The number of nitrogens with zero attached hydrogens (tertiary/aromatic N) is 3. The molecule has 7 heteroatoms. The molecule has 27 heavy (non-hydrogen) atoms. The van der Waals surface area contributed by atoms with Gasteiger partial charge in [0.05, 0.1) is 21.2 Å². The number of halogens is 1. The molecule has 0 atom stereocenters. The van der Waals surface area contributed by atoms with Gasteiger partial charge in [0.2, 0.25) is 5.43 Å². The second kappa shape index (κ2) is 6.62. The highest BCUT2D eigenvalue weighted by Crippen LogP contribution is 2.36. The van der Waals surface area contributed by atoms with Crippen LogP contribution in [0.1, 0.15) is 16.0 Å². The molecule has 3 heterocycles. The van der Waals surface area contributed by atoms with Crippen molar-refractivity contribution in [2.75, 3.05) is 0 Å². The first-order valence-electron chi connectivity index (χ1n) is 8.15. The number of nitrogens with one attached hydrogen (secondary N) is 1. The topological polar surface area (TPSA) is 82.4 Å². The lowest BCUT2D eigenvalue weighted by atomic mass is 10.0. The Kier molecular flexibility index (Phi) is 4.27. The van der Waals surface area contributed by atoms with Crippen LogP contribution < -0.4 is 5.43 Å². The Hall–Kier alpha value is -3.01. The van der Waals surface area contributed by atoms with Crippen molar-refractivity contribution in [2.24, 2.45) is 0 Å². The third-order valence-electron chi connectivity index (χ3n) is 4.23. The molecule has 4 rings (SSSR count). The van der Waals surface area contributed by atoms with E-state index in [2.05, 4.69) is 21.0 Å². The van der Waals surface area contributed by atoms with Gasteiger partial charge >= 0.3 is 0 Å². The fourth-order valence-corrected chi connectivity index (χ4v) is 4.11. The lowest BCUT2D eigenvalue weighted by Crippen LogP contribution is -2.06. The highest BCUT2D eigenvalue weighted by atomic mass is 35.5. The summed E-state index contributed by atoms with van der Waals surface area (Å²) >= 11 is 7.90. The van der Waals surface area contributed by atoms with E-state index in [1.54, 1.807) is 23.6 Å². The molecular formula is C20H13ClN4OS. The minimum atomic E-state index is -0.206. The largest absolute Gasteiger partial charge is 0.345 e. The van der Waals surface area contributed by atoms with Gasteiger partial charge in [0.15, 0.2) is 11.2 Å². The zero-order valence-corrected chi connectivity index (χ0v) is 16.1. The number of benzene rings is 1. The van der Waals surface area contributed by atoms with E-state index in [4.69, 9.17) is 11.6 Å². The number of pyridine rings is 1. The van der Waals surface area contributed by atoms with Crippen molar-refractivity contribution in [1.82, 2.24) is 15.0 Å². The van der Waals surface area contributed by atoms with Gasteiger partial charge in [-0.2, -0.15) is 5.26 Å². The van der Waals surface area contributed by atoms with Crippen molar-refractivity contribution in [2.45, 2.75) is 13.8 Å². The fourth-order valence-electron chi connectivity index (χ4n) is 2.94. The summed E-state index contributed by atoms with van der Waals surface area (Å²) in [6, 6.07) is 11.1. The van der Waals surface area contributed by atoms with Gasteiger partial charge in [0, 0.05) is 22.7 Å². The van der Waals surface area contributed by atoms with E-state index in [1.165, 1.54) is 6.07 Å². The van der Waals surface area contributed by atoms with E-state index in [0.29, 0.717) is 27.6 Å². The summed E-state index contributed by atoms with van der Waals surface area (Å²) < 4.78 is 0. The Balaban J connectivity index is 2.08. The molecule has 0 aliphatic rings. The zero-order chi connectivity index (χ0) is 19.1. The number of nitriles is 1. The second-order valence-electron chi connectivity index (χ2n) is 6.13. The first kappa shape index (κ1) is 17.4. The molecule has 0 spiro atoms. The highest BCUT2D eigenvalue weighted by molar-refractivity contribution is 7.15. The number of aryl methyl sites for hydroxylation is 2. The lowest BCUT2D eigenvalue weighted by Gasteiger charge is -2.11. The van der Waals surface area contributed by atoms with Gasteiger partial charge in [-0.1, -0.05) is 11.6 Å². The minimum Gasteiger partial charge on any atom is -0.345 e. The Morgan fingerprint density at radius 1 is 1.15 bits per heavy atom. The number of aromatic amines is 1. The molecule has 5 nitrogen and oxygen atoms in total. The maximum Gasteiger partial charge on any atom is 0.209 e. The van der Waals surface area contributed by atoms with E-state index in [0.717, 1.165) is 20.9 Å². The third-order valence-corrected chi connectivity index (χ3v) is 5.54. The number of hydrogen-bond acceptors (Lipinski definition) is 5. The Bertz CT molecular complexity index is 1280. The summed E-state index contributed by atoms with van der Waals surface area (Å²) in [5.74, 6) is 0. The molecule has 4 aromatic rings. The Morgan fingerprint density at radius 2 is 1.96 bits per heavy atom. The molecule has 0 aliphatic carbocycles. The normalized spacial score (nSPS) is 10.9. The average molecular weight is 393 g/mol. The van der Waals surface area contributed by atoms with Crippen LogP contribution >= 0.6 is 22.9 Å². The smallest absolute Gasteiger partial charge is 0.209 e. The fraction of sp³-hybridized carbons (Fsp3) is 0.100. The first-order chi connectivity index (χ1) is 13.0. The van der Waals surface area contributed by atoms with Crippen LogP contribution in [-0.4, -0.2) is 15.0 Å². The molecule has 0 radical (unpaired) electrons. The molecular weight excluding hydrogens is 380 g/mol. The molecule has 132 valence electrons. The SMILES string of the molecule is Cc1ccc(-c2nc3[nH]ccc(=O)c3nc2-c2cc(C)c(C#N)c(Cl)c2)s1. The maximum atomic E-state index is 12.3. The molecule has 0 aliphatic heterocycles. The van der Waals surface area contributed by atoms with Crippen molar-refractivity contribution < 1.29 is 0 Å². The number of thiophene rings is 1. The summed E-state index contributed by atoms with van der Waals surface area (Å²) in [5, 5.41) is 9.62. The van der Waals surface area contributed by atoms with Crippen LogP contribution in [-0.2, 0) is 0 Å². The van der Waals surface area contributed by atoms with Crippen LogP contribution in [0.4, 0.5) is 0 Å². The quantitative estimate of drug-likeness (QED) is 0.528. The molecule has 0 bridgehead atoms. The summed E-state index contributed by atoms with van der Waals surface area (Å²) in [5.41, 5.74) is 3.63. The molecule has 1 aromatic carbocycles. The van der Waals surface area contributed by atoms with Gasteiger partial charge in [-0.3, -0.25) is 4.79 Å². The molecule has 0 unspecified atom stereocenters. The van der Waals surface area contributed by atoms with Gasteiger partial charge in [0.25, 0.3) is 0 Å². The number of aromatic nitrogens is 3. The summed E-state index contributed by atoms with van der Waals surface area (Å²) in [6.07, 6.45) is 1.56. The Labute approximate surface area is 163 Å². The predicted molar refractivity (Wildman–Crippen MR) is 108 cm³/mol. The Morgan fingerprint density at radius 3 is 2.63 bits per heavy atom. The molecule has 1 N–H and O–H groups in total. The van der Waals surface area contributed by atoms with Crippen LogP contribution in [0.15, 0.2) is 41.3 Å². The number of hydrogen-bond donors (Lipinski definition) is 1. The highest BCUT2D eigenvalue weighted by Gasteiger charge is 2.18. The van der Waals surface area contributed by atoms with E-state index in [1.807, 2.05) is 32.0 Å². The van der Waals surface area contributed by atoms with Crippen LogP contribution in [0.5, 0.6) is 0 Å². The van der Waals surface area contributed by atoms with Crippen molar-refractivity contribution in [1.29, 1.82) is 5.26 Å². The standard InChI is InChI=1S/C20H13ClN4OS/c1-10-7-12(8-14(21)13(10)9-22)17-19(16-4-3-11(2)27-16)25-20-18(24-17)15(26)5-6-23-20/h3-8H,1-2H3,(H,23,25,26). The van der Waals surface area contributed by atoms with E-state index in [-0.39, 0.29) is 10.9 Å². The van der Waals surface area contributed by atoms with Crippen molar-refractivity contribution in [3.8, 4) is 27.9 Å². The summed E-state index contributed by atoms with van der Waals surface area (Å²) in [7, 11) is 0. The number of fused-ring (bicyclic) bond motifs is 1. The molecule has 0 fully saturated rings. The summed E-state index contributed by atoms with van der Waals surface area (Å²) in [4.78, 5) is 26.6. The van der Waals surface area contributed by atoms with Crippen molar-refractivity contribution in [3.63, 3.8) is 0 Å². The zero-order valence-electron chi connectivity index (χ0n) is 14.5. The van der Waals surface area contributed by atoms with Gasteiger partial charge < -0.3 is 4.98 Å². The number of H-pyrrole nitrogens is 1. The number of rotatable bonds is 2. The van der Waals surface area contributed by atoms with Gasteiger partial charge in [-0.25, -0.2) is 9.97 Å². The minimum absolute atomic E-state index is 0.206. The average Bonchev–Trinajstić information content (AvgIpc) is 3.07. The molecule has 3 aromatic heterocycles. The summed E-state index contributed by atoms with van der Waals surface area (Å²) in [6.45, 7) is 3.84. The van der Waals surface area contributed by atoms with Crippen molar-refractivity contribution in [3.05, 3.63) is 67.8 Å². The maximum absolute atomic E-state index is 12.3. The van der Waals surface area contributed by atoms with Crippen LogP contribution in [0.3, 0.4) is 0 Å². The molecule has 0 saturated carbocycles. The van der Waals surface area contributed by atoms with E-state index in [9.17, 15) is 10.1 Å². The predicted octanol–water partition coefficient (Wildman–Crippen LogP) is 4.86. The van der Waals surface area contributed by atoms with Gasteiger partial charge in [-0.15, -0.1) is 11.3 Å². The van der Waals surface area contributed by atoms with E-state index >= 15 is 0 Å². The van der Waals surface area contributed by atoms with E-state index < -0.39 is 0 Å². The van der Waals surface area contributed by atoms with Gasteiger partial charge in [0.1, 0.15) is 11.8 Å². The molecule has 0 saturated heterocycles. The van der Waals surface area contributed by atoms with Crippen molar-refractivity contribution >= 4 is 34.1 Å². The van der Waals surface area contributed by atoms with Gasteiger partial charge in [-0.05, 0) is 43.7 Å². The first-order valence-corrected chi connectivity index (χ1v) is 9.34. The van der Waals surface area contributed by atoms with Crippen LogP contribution in [0.25, 0.3) is 33.0 Å². The third kappa shape index (κ3) is 3.01. The van der Waals surface area contributed by atoms with Crippen LogP contribution in [0, 0.1) is 25.2 Å². The molecule has 0 amide bonds. The van der Waals surface area contributed by atoms with Crippen LogP contribution in [0.2, 0.25) is 5.02 Å².